The minimum atomic E-state index is -3.46. The fourth-order valence-electron chi connectivity index (χ4n) is 4.37. The van der Waals surface area contributed by atoms with E-state index < -0.39 is 22.2 Å². The van der Waals surface area contributed by atoms with E-state index in [0.717, 1.165) is 30.9 Å². The van der Waals surface area contributed by atoms with Crippen LogP contribution in [0.15, 0.2) is 59.6 Å². The topological polar surface area (TPSA) is 110 Å². The van der Waals surface area contributed by atoms with E-state index in [1.807, 2.05) is 18.8 Å². The van der Waals surface area contributed by atoms with E-state index in [2.05, 4.69) is 26.9 Å². The minimum absolute atomic E-state index is 0.241. The van der Waals surface area contributed by atoms with Gasteiger partial charge in [0.05, 0.1) is 47.7 Å². The third-order valence-corrected chi connectivity index (χ3v) is 11.2. The number of ether oxygens (including phenoxy) is 1. The summed E-state index contributed by atoms with van der Waals surface area (Å²) in [5.41, 5.74) is 3.01. The van der Waals surface area contributed by atoms with Crippen molar-refractivity contribution in [3.63, 3.8) is 0 Å². The second kappa shape index (κ2) is 10.6. The average Bonchev–Trinajstić information content (AvgIpc) is 2.85. The Morgan fingerprint density at radius 1 is 1.03 bits per heavy atom. The fourth-order valence-corrected chi connectivity index (χ4v) is 7.51. The van der Waals surface area contributed by atoms with Crippen LogP contribution in [0.5, 0.6) is 5.75 Å². The molecule has 192 valence electrons. The van der Waals surface area contributed by atoms with Gasteiger partial charge in [-0.1, -0.05) is 18.2 Å². The largest absolute Gasteiger partial charge is 0.495 e. The number of aromatic nitrogens is 2. The van der Waals surface area contributed by atoms with E-state index in [-0.39, 0.29) is 4.90 Å². The van der Waals surface area contributed by atoms with Crippen molar-refractivity contribution in [1.82, 2.24) is 10.2 Å². The highest BCUT2D eigenvalue weighted by Gasteiger charge is 2.27. The molecule has 0 bridgehead atoms. The molecule has 0 amide bonds. The van der Waals surface area contributed by atoms with Crippen molar-refractivity contribution in [1.29, 1.82) is 0 Å². The molecule has 0 spiro atoms. The highest BCUT2D eigenvalue weighted by atomic mass is 32.2. The van der Waals surface area contributed by atoms with Crippen LogP contribution in [-0.2, 0) is 14.4 Å². The molecule has 8 nitrogen and oxygen atoms in total. The predicted molar refractivity (Wildman–Crippen MR) is 146 cm³/mol. The maximum absolute atomic E-state index is 12.8. The summed E-state index contributed by atoms with van der Waals surface area (Å²) in [7, 11) is -3.80. The van der Waals surface area contributed by atoms with Crippen LogP contribution >= 0.6 is 7.14 Å². The Labute approximate surface area is 213 Å². The van der Waals surface area contributed by atoms with Crippen LogP contribution in [0.2, 0.25) is 0 Å². The SMILES string of the molecule is COc1cc(C2CCP(C)(=O)CC2)ccc1Nc1cc(Nc2ccccc2S(=O)(=O)C(C)C)cnn1. The number of benzene rings is 2. The molecule has 0 unspecified atom stereocenters. The lowest BCUT2D eigenvalue weighted by atomic mass is 9.93. The minimum Gasteiger partial charge on any atom is -0.495 e. The number of nitrogens with zero attached hydrogens (tertiary/aromatic N) is 2. The van der Waals surface area contributed by atoms with E-state index in [0.29, 0.717) is 28.9 Å². The molecule has 4 rings (SSSR count). The summed E-state index contributed by atoms with van der Waals surface area (Å²) in [6, 6.07) is 14.7. The average molecular weight is 529 g/mol. The molecule has 2 heterocycles. The van der Waals surface area contributed by atoms with Gasteiger partial charge in [0.2, 0.25) is 0 Å². The number of hydrogen-bond acceptors (Lipinski definition) is 8. The maximum Gasteiger partial charge on any atom is 0.182 e. The zero-order valence-corrected chi connectivity index (χ0v) is 22.8. The first-order valence-corrected chi connectivity index (χ1v) is 16.1. The Morgan fingerprint density at radius 3 is 2.44 bits per heavy atom. The summed E-state index contributed by atoms with van der Waals surface area (Å²) in [6.07, 6.45) is 4.97. The van der Waals surface area contributed by atoms with Crippen LogP contribution in [0, 0.1) is 0 Å². The van der Waals surface area contributed by atoms with Gasteiger partial charge >= 0.3 is 0 Å². The van der Waals surface area contributed by atoms with Gasteiger partial charge in [-0.05, 0) is 69.1 Å². The van der Waals surface area contributed by atoms with Crippen molar-refractivity contribution >= 4 is 39.9 Å². The maximum atomic E-state index is 12.8. The standard InChI is InChI=1S/C26H33N4O4PS/c1-18(2)36(32,33)25-8-6-5-7-23(25)28-21-16-26(30-27-17-21)29-22-10-9-20(15-24(22)34-3)19-11-13-35(4,31)14-12-19/h5-10,15-19H,11-14H2,1-4H3,(H2,28,29,30). The van der Waals surface area contributed by atoms with E-state index in [9.17, 15) is 13.0 Å². The zero-order chi connectivity index (χ0) is 25.9. The molecule has 0 saturated carbocycles. The molecule has 1 aliphatic rings. The van der Waals surface area contributed by atoms with E-state index in [1.165, 1.54) is 5.56 Å². The summed E-state index contributed by atoms with van der Waals surface area (Å²) in [4.78, 5) is 0.241. The number of anilines is 4. The van der Waals surface area contributed by atoms with Crippen LogP contribution in [0.1, 0.15) is 38.2 Å². The first-order valence-electron chi connectivity index (χ1n) is 12.0. The molecule has 10 heteroatoms. The molecule has 2 aromatic carbocycles. The lowest BCUT2D eigenvalue weighted by molar-refractivity contribution is 0.415. The molecule has 2 N–H and O–H groups in total. The van der Waals surface area contributed by atoms with Crippen LogP contribution in [0.25, 0.3) is 0 Å². The lowest BCUT2D eigenvalue weighted by Crippen LogP contribution is -2.15. The van der Waals surface area contributed by atoms with E-state index in [4.69, 9.17) is 4.74 Å². The molecule has 0 aliphatic carbocycles. The Hall–Kier alpha value is -2.90. The Bertz CT molecular complexity index is 1380. The van der Waals surface area contributed by atoms with Crippen LogP contribution in [0.3, 0.4) is 0 Å². The molecule has 1 fully saturated rings. The van der Waals surface area contributed by atoms with Gasteiger partial charge in [-0.25, -0.2) is 8.42 Å². The van der Waals surface area contributed by atoms with Crippen molar-refractivity contribution in [2.24, 2.45) is 0 Å². The van der Waals surface area contributed by atoms with Crippen molar-refractivity contribution < 1.29 is 17.7 Å². The summed E-state index contributed by atoms with van der Waals surface area (Å²) in [5, 5.41) is 14.1. The monoisotopic (exact) mass is 528 g/mol. The summed E-state index contributed by atoms with van der Waals surface area (Å²) < 4.78 is 43.6. The second-order valence-electron chi connectivity index (χ2n) is 9.65. The van der Waals surface area contributed by atoms with Crippen molar-refractivity contribution in [3.05, 3.63) is 60.3 Å². The molecular weight excluding hydrogens is 495 g/mol. The van der Waals surface area contributed by atoms with Gasteiger partial charge < -0.3 is 19.9 Å². The second-order valence-corrected chi connectivity index (χ2v) is 15.6. The number of nitrogens with one attached hydrogen (secondary N) is 2. The number of methoxy groups -OCH3 is 1. The predicted octanol–water partition coefficient (Wildman–Crippen LogP) is 6.02. The molecule has 36 heavy (non-hydrogen) atoms. The van der Waals surface area contributed by atoms with Crippen LogP contribution in [-0.4, -0.2) is 50.0 Å². The summed E-state index contributed by atoms with van der Waals surface area (Å²) in [5.74, 6) is 1.55. The zero-order valence-electron chi connectivity index (χ0n) is 21.1. The third kappa shape index (κ3) is 5.90. The number of hydrogen-bond donors (Lipinski definition) is 2. The van der Waals surface area contributed by atoms with Gasteiger partial charge in [-0.2, -0.15) is 5.10 Å². The highest BCUT2D eigenvalue weighted by molar-refractivity contribution is 7.92. The molecule has 0 atom stereocenters. The molecule has 3 aromatic rings. The number of rotatable bonds is 8. The Morgan fingerprint density at radius 2 is 1.75 bits per heavy atom. The molecular formula is C26H33N4O4PS. The molecule has 1 aliphatic heterocycles. The quantitative estimate of drug-likeness (QED) is 0.341. The summed E-state index contributed by atoms with van der Waals surface area (Å²) in [6.45, 7) is 5.23. The van der Waals surface area contributed by atoms with Gasteiger partial charge in [-0.15, -0.1) is 5.10 Å². The van der Waals surface area contributed by atoms with E-state index >= 15 is 0 Å². The smallest absolute Gasteiger partial charge is 0.182 e. The number of sulfone groups is 1. The van der Waals surface area contributed by atoms with Crippen molar-refractivity contribution in [3.8, 4) is 5.75 Å². The summed E-state index contributed by atoms with van der Waals surface area (Å²) >= 11 is 0. The van der Waals surface area contributed by atoms with Crippen molar-refractivity contribution in [2.45, 2.75) is 42.8 Å². The van der Waals surface area contributed by atoms with Gasteiger partial charge in [0, 0.05) is 18.4 Å². The lowest BCUT2D eigenvalue weighted by Gasteiger charge is -2.27. The van der Waals surface area contributed by atoms with Gasteiger partial charge in [-0.3, -0.25) is 0 Å². The van der Waals surface area contributed by atoms with E-state index in [1.54, 1.807) is 57.5 Å². The fraction of sp³-hybridized carbons (Fsp3) is 0.385. The molecule has 0 radical (unpaired) electrons. The first kappa shape index (κ1) is 26.2. The van der Waals surface area contributed by atoms with Crippen LogP contribution in [0.4, 0.5) is 22.9 Å². The Kier molecular flexibility index (Phi) is 7.71. The molecule has 1 saturated heterocycles. The molecule has 1 aromatic heterocycles. The van der Waals surface area contributed by atoms with Gasteiger partial charge in [0.1, 0.15) is 5.75 Å². The first-order chi connectivity index (χ1) is 17.1. The Balaban J connectivity index is 1.54. The number of para-hydroxylation sites is 1. The van der Waals surface area contributed by atoms with Crippen LogP contribution < -0.4 is 15.4 Å². The van der Waals surface area contributed by atoms with Gasteiger partial charge in [0.25, 0.3) is 0 Å². The highest BCUT2D eigenvalue weighted by Crippen LogP contribution is 2.50. The van der Waals surface area contributed by atoms with Gasteiger partial charge in [0.15, 0.2) is 15.7 Å². The third-order valence-electron chi connectivity index (χ3n) is 6.61. The van der Waals surface area contributed by atoms with Crippen molar-refractivity contribution in [2.75, 3.05) is 36.7 Å². The normalized spacial score (nSPS) is 20.2.